The zero-order valence-electron chi connectivity index (χ0n) is 9.57. The van der Waals surface area contributed by atoms with Gasteiger partial charge in [-0.2, -0.15) is 0 Å². The molecule has 0 aliphatic heterocycles. The molecule has 88 valence electrons. The number of methoxy groups -OCH3 is 1. The van der Waals surface area contributed by atoms with Crippen molar-refractivity contribution in [2.24, 2.45) is 0 Å². The Kier molecular flexibility index (Phi) is 3.78. The van der Waals surface area contributed by atoms with E-state index in [2.05, 4.69) is 37.9 Å². The van der Waals surface area contributed by atoms with Gasteiger partial charge in [-0.25, -0.2) is 9.97 Å². The molecule has 0 fully saturated rings. The van der Waals surface area contributed by atoms with Crippen molar-refractivity contribution in [1.82, 2.24) is 9.97 Å². The lowest BCUT2D eigenvalue weighted by atomic mass is 10.2. The van der Waals surface area contributed by atoms with Gasteiger partial charge in [0.25, 0.3) is 0 Å². The number of aryl methyl sites for hydroxylation is 1. The van der Waals surface area contributed by atoms with E-state index >= 15 is 0 Å². The summed E-state index contributed by atoms with van der Waals surface area (Å²) in [6, 6.07) is 5.97. The standard InChI is InChI=1S/C12H12IN3O/c1-8-3-4-11(17-2)10(5-8)16-12-9(13)6-14-7-15-12/h3-7H,1-2H3,(H,14,15,16). The largest absolute Gasteiger partial charge is 0.495 e. The van der Waals surface area contributed by atoms with Gasteiger partial charge in [0.05, 0.1) is 16.4 Å². The first-order valence-electron chi connectivity index (χ1n) is 5.08. The van der Waals surface area contributed by atoms with Crippen molar-refractivity contribution in [3.8, 4) is 5.75 Å². The first-order valence-corrected chi connectivity index (χ1v) is 6.16. The minimum Gasteiger partial charge on any atom is -0.495 e. The third-order valence-electron chi connectivity index (χ3n) is 2.28. The van der Waals surface area contributed by atoms with Gasteiger partial charge in [0.2, 0.25) is 0 Å². The Balaban J connectivity index is 2.35. The summed E-state index contributed by atoms with van der Waals surface area (Å²) in [4.78, 5) is 8.15. The zero-order valence-corrected chi connectivity index (χ0v) is 11.7. The van der Waals surface area contributed by atoms with Crippen molar-refractivity contribution in [3.05, 3.63) is 39.9 Å². The molecule has 0 saturated heterocycles. The van der Waals surface area contributed by atoms with Crippen molar-refractivity contribution >= 4 is 34.1 Å². The highest BCUT2D eigenvalue weighted by Gasteiger charge is 2.06. The van der Waals surface area contributed by atoms with Crippen LogP contribution in [0.1, 0.15) is 5.56 Å². The van der Waals surface area contributed by atoms with Crippen LogP contribution in [-0.2, 0) is 0 Å². The molecule has 1 aromatic heterocycles. The van der Waals surface area contributed by atoms with Gasteiger partial charge in [-0.15, -0.1) is 0 Å². The quantitative estimate of drug-likeness (QED) is 0.872. The number of benzene rings is 1. The molecule has 0 bridgehead atoms. The second kappa shape index (κ2) is 5.31. The highest BCUT2D eigenvalue weighted by molar-refractivity contribution is 14.1. The van der Waals surface area contributed by atoms with E-state index in [1.54, 1.807) is 13.3 Å². The number of nitrogens with one attached hydrogen (secondary N) is 1. The molecule has 0 radical (unpaired) electrons. The molecular formula is C12H12IN3O. The Bertz CT molecular complexity index is 531. The van der Waals surface area contributed by atoms with Crippen molar-refractivity contribution in [1.29, 1.82) is 0 Å². The number of halogens is 1. The molecule has 0 unspecified atom stereocenters. The SMILES string of the molecule is COc1ccc(C)cc1Nc1ncncc1I. The third kappa shape index (κ3) is 2.85. The Labute approximate surface area is 114 Å². The monoisotopic (exact) mass is 341 g/mol. The molecule has 2 rings (SSSR count). The number of rotatable bonds is 3. The van der Waals surface area contributed by atoms with E-state index in [0.29, 0.717) is 0 Å². The average Bonchev–Trinajstić information content (AvgIpc) is 2.32. The Hall–Kier alpha value is -1.37. The van der Waals surface area contributed by atoms with Crippen molar-refractivity contribution in [2.45, 2.75) is 6.92 Å². The molecule has 1 N–H and O–H groups in total. The second-order valence-electron chi connectivity index (χ2n) is 3.55. The third-order valence-corrected chi connectivity index (χ3v) is 3.07. The Morgan fingerprint density at radius 3 is 2.88 bits per heavy atom. The van der Waals surface area contributed by atoms with Crippen LogP contribution in [0.25, 0.3) is 0 Å². The summed E-state index contributed by atoms with van der Waals surface area (Å²) in [5, 5.41) is 3.25. The van der Waals surface area contributed by atoms with Crippen LogP contribution in [0.5, 0.6) is 5.75 Å². The molecule has 1 aromatic carbocycles. The van der Waals surface area contributed by atoms with Crippen LogP contribution in [-0.4, -0.2) is 17.1 Å². The van der Waals surface area contributed by atoms with Gasteiger partial charge in [-0.1, -0.05) is 6.07 Å². The molecule has 0 amide bonds. The molecule has 1 heterocycles. The van der Waals surface area contributed by atoms with E-state index < -0.39 is 0 Å². The molecule has 5 heteroatoms. The van der Waals surface area contributed by atoms with Gasteiger partial charge < -0.3 is 10.1 Å². The van der Waals surface area contributed by atoms with Crippen molar-refractivity contribution in [3.63, 3.8) is 0 Å². The number of hydrogen-bond acceptors (Lipinski definition) is 4. The van der Waals surface area contributed by atoms with E-state index in [1.165, 1.54) is 6.33 Å². The summed E-state index contributed by atoms with van der Waals surface area (Å²) in [5.41, 5.74) is 2.07. The Morgan fingerprint density at radius 2 is 2.18 bits per heavy atom. The van der Waals surface area contributed by atoms with Crippen LogP contribution in [0.4, 0.5) is 11.5 Å². The van der Waals surface area contributed by atoms with Gasteiger partial charge in [-0.05, 0) is 47.2 Å². The number of nitrogens with zero attached hydrogens (tertiary/aromatic N) is 2. The van der Waals surface area contributed by atoms with E-state index in [9.17, 15) is 0 Å². The van der Waals surface area contributed by atoms with Crippen molar-refractivity contribution in [2.75, 3.05) is 12.4 Å². The topological polar surface area (TPSA) is 47.0 Å². The first kappa shape index (κ1) is 12.1. The summed E-state index contributed by atoms with van der Waals surface area (Å²) in [6.45, 7) is 2.04. The fourth-order valence-corrected chi connectivity index (χ4v) is 1.89. The lowest BCUT2D eigenvalue weighted by Gasteiger charge is -2.11. The minimum atomic E-state index is 0.782. The summed E-state index contributed by atoms with van der Waals surface area (Å²) < 4.78 is 6.27. The first-order chi connectivity index (χ1) is 8.20. The molecule has 4 nitrogen and oxygen atoms in total. The minimum absolute atomic E-state index is 0.782. The fourth-order valence-electron chi connectivity index (χ4n) is 1.45. The maximum atomic E-state index is 5.30. The van der Waals surface area contributed by atoms with E-state index in [4.69, 9.17) is 4.74 Å². The highest BCUT2D eigenvalue weighted by atomic mass is 127. The summed E-state index contributed by atoms with van der Waals surface area (Å²) in [6.07, 6.45) is 3.28. The van der Waals surface area contributed by atoms with Gasteiger partial charge in [0, 0.05) is 6.20 Å². The molecule has 0 aliphatic carbocycles. The molecule has 17 heavy (non-hydrogen) atoms. The van der Waals surface area contributed by atoms with Crippen LogP contribution in [0.15, 0.2) is 30.7 Å². The summed E-state index contributed by atoms with van der Waals surface area (Å²) in [5.74, 6) is 1.58. The number of hydrogen-bond donors (Lipinski definition) is 1. The van der Waals surface area contributed by atoms with Crippen LogP contribution >= 0.6 is 22.6 Å². The molecular weight excluding hydrogens is 329 g/mol. The normalized spacial score (nSPS) is 10.1. The van der Waals surface area contributed by atoms with Crippen LogP contribution in [0, 0.1) is 10.5 Å². The maximum absolute atomic E-state index is 5.30. The molecule has 0 atom stereocenters. The predicted octanol–water partition coefficient (Wildman–Crippen LogP) is 3.14. The zero-order chi connectivity index (χ0) is 12.3. The second-order valence-corrected chi connectivity index (χ2v) is 4.71. The van der Waals surface area contributed by atoms with E-state index in [1.807, 2.05) is 25.1 Å². The average molecular weight is 341 g/mol. The molecule has 2 aromatic rings. The van der Waals surface area contributed by atoms with Gasteiger partial charge >= 0.3 is 0 Å². The predicted molar refractivity (Wildman–Crippen MR) is 75.8 cm³/mol. The van der Waals surface area contributed by atoms with Gasteiger partial charge in [-0.3, -0.25) is 0 Å². The van der Waals surface area contributed by atoms with Crippen molar-refractivity contribution < 1.29 is 4.74 Å². The summed E-state index contributed by atoms with van der Waals surface area (Å²) in [7, 11) is 1.65. The molecule has 0 saturated carbocycles. The van der Waals surface area contributed by atoms with Gasteiger partial charge in [0.1, 0.15) is 17.9 Å². The Morgan fingerprint density at radius 1 is 1.35 bits per heavy atom. The lowest BCUT2D eigenvalue weighted by Crippen LogP contribution is -1.99. The number of anilines is 2. The van der Waals surface area contributed by atoms with Crippen LogP contribution < -0.4 is 10.1 Å². The summed E-state index contributed by atoms with van der Waals surface area (Å²) >= 11 is 2.19. The number of aromatic nitrogens is 2. The lowest BCUT2D eigenvalue weighted by molar-refractivity contribution is 0.416. The van der Waals surface area contributed by atoms with Gasteiger partial charge in [0.15, 0.2) is 0 Å². The maximum Gasteiger partial charge on any atom is 0.147 e. The number of ether oxygens (including phenoxy) is 1. The van der Waals surface area contributed by atoms with E-state index in [0.717, 1.165) is 26.4 Å². The highest BCUT2D eigenvalue weighted by Crippen LogP contribution is 2.29. The smallest absolute Gasteiger partial charge is 0.147 e. The van der Waals surface area contributed by atoms with E-state index in [-0.39, 0.29) is 0 Å². The fraction of sp³-hybridized carbons (Fsp3) is 0.167. The van der Waals surface area contributed by atoms with Crippen LogP contribution in [0.2, 0.25) is 0 Å². The molecule has 0 aliphatic rings. The van der Waals surface area contributed by atoms with Crippen LogP contribution in [0.3, 0.4) is 0 Å². The molecule has 0 spiro atoms.